The number of anilines is 1. The minimum atomic E-state index is 0.528. The van der Waals surface area contributed by atoms with E-state index in [-0.39, 0.29) is 0 Å². The lowest BCUT2D eigenvalue weighted by molar-refractivity contribution is 0.359. The Bertz CT molecular complexity index is 417. The number of benzene rings is 1. The summed E-state index contributed by atoms with van der Waals surface area (Å²) in [5.74, 6) is 1.69. The average Bonchev–Trinajstić information content (AvgIpc) is 2.32. The summed E-state index contributed by atoms with van der Waals surface area (Å²) in [6, 6.07) is 4.32. The maximum atomic E-state index is 6.09. The molecule has 0 unspecified atom stereocenters. The summed E-state index contributed by atoms with van der Waals surface area (Å²) in [6.07, 6.45) is 5.02. The van der Waals surface area contributed by atoms with Crippen LogP contribution in [0.4, 0.5) is 5.69 Å². The van der Waals surface area contributed by atoms with Gasteiger partial charge in [-0.3, -0.25) is 0 Å². The standard InChI is InChI=1S/C14H19BrClNO/c1-9-3-5-11(6-4-9)17-13-8-10(16)7-12(15)14(13)18-2/h7-9,11,17H,3-6H2,1-2H3. The molecular formula is C14H19BrClNO. The van der Waals surface area contributed by atoms with Crippen molar-refractivity contribution in [3.8, 4) is 5.75 Å². The Morgan fingerprint density at radius 3 is 2.56 bits per heavy atom. The first-order valence-electron chi connectivity index (χ1n) is 6.39. The van der Waals surface area contributed by atoms with E-state index in [1.807, 2.05) is 12.1 Å². The molecule has 1 saturated carbocycles. The molecule has 1 aromatic rings. The third kappa shape index (κ3) is 3.33. The van der Waals surface area contributed by atoms with E-state index >= 15 is 0 Å². The van der Waals surface area contributed by atoms with E-state index in [2.05, 4.69) is 28.2 Å². The van der Waals surface area contributed by atoms with Crippen molar-refractivity contribution in [2.45, 2.75) is 38.6 Å². The molecule has 2 nitrogen and oxygen atoms in total. The van der Waals surface area contributed by atoms with E-state index in [0.717, 1.165) is 21.8 Å². The van der Waals surface area contributed by atoms with Crippen LogP contribution in [0.5, 0.6) is 5.75 Å². The second kappa shape index (κ2) is 6.16. The van der Waals surface area contributed by atoms with Gasteiger partial charge in [0.2, 0.25) is 0 Å². The number of methoxy groups -OCH3 is 1. The van der Waals surface area contributed by atoms with Crippen molar-refractivity contribution in [1.29, 1.82) is 0 Å². The Kier molecular flexibility index (Phi) is 4.79. The smallest absolute Gasteiger partial charge is 0.156 e. The van der Waals surface area contributed by atoms with E-state index in [1.165, 1.54) is 25.7 Å². The highest BCUT2D eigenvalue weighted by Gasteiger charge is 2.20. The molecule has 2 rings (SSSR count). The topological polar surface area (TPSA) is 21.3 Å². The third-order valence-electron chi connectivity index (χ3n) is 3.59. The molecule has 0 atom stereocenters. The Balaban J connectivity index is 2.13. The molecule has 1 aliphatic rings. The van der Waals surface area contributed by atoms with E-state index in [9.17, 15) is 0 Å². The van der Waals surface area contributed by atoms with Gasteiger partial charge in [0.25, 0.3) is 0 Å². The first-order valence-corrected chi connectivity index (χ1v) is 7.57. The fourth-order valence-electron chi connectivity index (χ4n) is 2.50. The van der Waals surface area contributed by atoms with Crippen LogP contribution in [-0.4, -0.2) is 13.2 Å². The molecule has 1 N–H and O–H groups in total. The lowest BCUT2D eigenvalue weighted by atomic mass is 9.87. The second-order valence-electron chi connectivity index (χ2n) is 5.07. The second-order valence-corrected chi connectivity index (χ2v) is 6.36. The number of halogens is 2. The molecule has 0 radical (unpaired) electrons. The normalized spacial score (nSPS) is 23.8. The molecule has 0 saturated heterocycles. The summed E-state index contributed by atoms with van der Waals surface area (Å²) in [6.45, 7) is 2.33. The molecule has 0 amide bonds. The van der Waals surface area contributed by atoms with Crippen molar-refractivity contribution < 1.29 is 4.74 Å². The van der Waals surface area contributed by atoms with Crippen molar-refractivity contribution >= 4 is 33.2 Å². The molecule has 0 spiro atoms. The number of nitrogens with one attached hydrogen (secondary N) is 1. The SMILES string of the molecule is COc1c(Br)cc(Cl)cc1NC1CCC(C)CC1. The summed E-state index contributed by atoms with van der Waals surface area (Å²) in [5, 5.41) is 4.28. The molecule has 18 heavy (non-hydrogen) atoms. The van der Waals surface area contributed by atoms with Crippen LogP contribution in [0, 0.1) is 5.92 Å². The van der Waals surface area contributed by atoms with Crippen LogP contribution in [0.3, 0.4) is 0 Å². The van der Waals surface area contributed by atoms with Crippen LogP contribution in [0.15, 0.2) is 16.6 Å². The largest absolute Gasteiger partial charge is 0.493 e. The van der Waals surface area contributed by atoms with Gasteiger partial charge in [-0.1, -0.05) is 18.5 Å². The monoisotopic (exact) mass is 331 g/mol. The van der Waals surface area contributed by atoms with Crippen LogP contribution in [-0.2, 0) is 0 Å². The van der Waals surface area contributed by atoms with Gasteiger partial charge in [-0.2, -0.15) is 0 Å². The Morgan fingerprint density at radius 1 is 1.28 bits per heavy atom. The van der Waals surface area contributed by atoms with Gasteiger partial charge >= 0.3 is 0 Å². The quantitative estimate of drug-likeness (QED) is 0.831. The number of hydrogen-bond acceptors (Lipinski definition) is 2. The molecular weight excluding hydrogens is 314 g/mol. The molecule has 0 bridgehead atoms. The zero-order chi connectivity index (χ0) is 13.1. The molecule has 100 valence electrons. The first-order chi connectivity index (χ1) is 8.60. The van der Waals surface area contributed by atoms with Crippen LogP contribution in [0.1, 0.15) is 32.6 Å². The van der Waals surface area contributed by atoms with Crippen LogP contribution < -0.4 is 10.1 Å². The zero-order valence-corrected chi connectivity index (χ0v) is 13.1. The maximum absolute atomic E-state index is 6.09. The lowest BCUT2D eigenvalue weighted by Gasteiger charge is -2.28. The highest BCUT2D eigenvalue weighted by molar-refractivity contribution is 9.10. The van der Waals surface area contributed by atoms with Gasteiger partial charge in [0.1, 0.15) is 0 Å². The third-order valence-corrected chi connectivity index (χ3v) is 4.40. The Labute approximate surface area is 122 Å². The Morgan fingerprint density at radius 2 is 1.94 bits per heavy atom. The number of ether oxygens (including phenoxy) is 1. The average molecular weight is 333 g/mol. The van der Waals surface area contributed by atoms with Crippen molar-refractivity contribution in [3.63, 3.8) is 0 Å². The Hall–Kier alpha value is -0.410. The van der Waals surface area contributed by atoms with E-state index in [4.69, 9.17) is 16.3 Å². The number of rotatable bonds is 3. The molecule has 0 aliphatic heterocycles. The summed E-state index contributed by atoms with van der Waals surface area (Å²) in [5.41, 5.74) is 0.983. The molecule has 1 fully saturated rings. The predicted molar refractivity (Wildman–Crippen MR) is 80.7 cm³/mol. The fraction of sp³-hybridized carbons (Fsp3) is 0.571. The highest BCUT2D eigenvalue weighted by Crippen LogP contribution is 2.38. The van der Waals surface area contributed by atoms with E-state index < -0.39 is 0 Å². The molecule has 0 aromatic heterocycles. The van der Waals surface area contributed by atoms with Gasteiger partial charge in [0.05, 0.1) is 17.3 Å². The summed E-state index contributed by atoms with van der Waals surface area (Å²) in [7, 11) is 1.68. The minimum absolute atomic E-state index is 0.528. The number of hydrogen-bond donors (Lipinski definition) is 1. The zero-order valence-electron chi connectivity index (χ0n) is 10.8. The van der Waals surface area contributed by atoms with Crippen LogP contribution in [0.2, 0.25) is 5.02 Å². The van der Waals surface area contributed by atoms with Gasteiger partial charge in [-0.05, 0) is 59.7 Å². The van der Waals surface area contributed by atoms with E-state index in [0.29, 0.717) is 11.1 Å². The summed E-state index contributed by atoms with van der Waals surface area (Å²) < 4.78 is 6.32. The van der Waals surface area contributed by atoms with Gasteiger partial charge in [0, 0.05) is 11.1 Å². The summed E-state index contributed by atoms with van der Waals surface area (Å²) in [4.78, 5) is 0. The van der Waals surface area contributed by atoms with Gasteiger partial charge < -0.3 is 10.1 Å². The highest BCUT2D eigenvalue weighted by atomic mass is 79.9. The van der Waals surface area contributed by atoms with Crippen LogP contribution in [0.25, 0.3) is 0 Å². The molecule has 1 aromatic carbocycles. The van der Waals surface area contributed by atoms with E-state index in [1.54, 1.807) is 7.11 Å². The minimum Gasteiger partial charge on any atom is -0.493 e. The van der Waals surface area contributed by atoms with Crippen molar-refractivity contribution in [3.05, 3.63) is 21.6 Å². The maximum Gasteiger partial charge on any atom is 0.156 e. The predicted octanol–water partition coefficient (Wildman–Crippen LogP) is 5.10. The van der Waals surface area contributed by atoms with Crippen molar-refractivity contribution in [1.82, 2.24) is 0 Å². The first kappa shape index (κ1) is 14.0. The van der Waals surface area contributed by atoms with Crippen molar-refractivity contribution in [2.24, 2.45) is 5.92 Å². The van der Waals surface area contributed by atoms with Gasteiger partial charge in [0.15, 0.2) is 5.75 Å². The van der Waals surface area contributed by atoms with Gasteiger partial charge in [-0.15, -0.1) is 0 Å². The lowest BCUT2D eigenvalue weighted by Crippen LogP contribution is -2.25. The molecule has 1 aliphatic carbocycles. The van der Waals surface area contributed by atoms with Crippen LogP contribution >= 0.6 is 27.5 Å². The molecule has 0 heterocycles. The fourth-order valence-corrected chi connectivity index (χ4v) is 3.47. The molecule has 4 heteroatoms. The van der Waals surface area contributed by atoms with Gasteiger partial charge in [-0.25, -0.2) is 0 Å². The summed E-state index contributed by atoms with van der Waals surface area (Å²) >= 11 is 9.58. The van der Waals surface area contributed by atoms with Crippen molar-refractivity contribution in [2.75, 3.05) is 12.4 Å².